The van der Waals surface area contributed by atoms with E-state index in [0.717, 1.165) is 6.42 Å². The van der Waals surface area contributed by atoms with E-state index in [9.17, 15) is 4.79 Å². The van der Waals surface area contributed by atoms with Crippen LogP contribution in [0.15, 0.2) is 23.0 Å². The van der Waals surface area contributed by atoms with E-state index in [-0.39, 0.29) is 11.4 Å². The third kappa shape index (κ3) is 1.75. The normalized spacial score (nSPS) is 28.8. The first-order valence-corrected chi connectivity index (χ1v) is 5.82. The fourth-order valence-electron chi connectivity index (χ4n) is 2.52. The van der Waals surface area contributed by atoms with Crippen LogP contribution in [-0.2, 0) is 9.47 Å². The summed E-state index contributed by atoms with van der Waals surface area (Å²) in [4.78, 5) is 14.3. The maximum absolute atomic E-state index is 12.4. The molecule has 1 atom stereocenters. The highest BCUT2D eigenvalue weighted by Gasteiger charge is 2.45. The van der Waals surface area contributed by atoms with Crippen LogP contribution in [0.4, 0.5) is 0 Å². The lowest BCUT2D eigenvalue weighted by Crippen LogP contribution is -2.59. The van der Waals surface area contributed by atoms with E-state index >= 15 is 0 Å². The molecule has 17 heavy (non-hydrogen) atoms. The van der Waals surface area contributed by atoms with Crippen LogP contribution in [0.5, 0.6) is 0 Å². The molecular weight excluding hydrogens is 222 g/mol. The van der Waals surface area contributed by atoms with Crippen LogP contribution in [-0.4, -0.2) is 49.3 Å². The molecule has 3 rings (SSSR count). The maximum Gasteiger partial charge on any atom is 0.257 e. The number of hydrogen-bond donors (Lipinski definition) is 0. The first-order valence-electron chi connectivity index (χ1n) is 5.82. The topological polar surface area (TPSA) is 51.9 Å². The van der Waals surface area contributed by atoms with Crippen molar-refractivity contribution in [3.8, 4) is 0 Å². The van der Waals surface area contributed by atoms with Gasteiger partial charge >= 0.3 is 0 Å². The molecule has 0 aromatic carbocycles. The minimum Gasteiger partial charge on any atom is -0.472 e. The summed E-state index contributed by atoms with van der Waals surface area (Å²) in [5.41, 5.74) is 0.324. The van der Waals surface area contributed by atoms with Gasteiger partial charge in [-0.3, -0.25) is 4.79 Å². The summed E-state index contributed by atoms with van der Waals surface area (Å²) in [6.07, 6.45) is 3.85. The van der Waals surface area contributed by atoms with E-state index < -0.39 is 0 Å². The molecule has 0 saturated carbocycles. The highest BCUT2D eigenvalue weighted by Crippen LogP contribution is 2.30. The molecule has 5 heteroatoms. The fourth-order valence-corrected chi connectivity index (χ4v) is 2.52. The Hall–Kier alpha value is -1.33. The predicted octanol–water partition coefficient (Wildman–Crippen LogP) is 0.911. The van der Waals surface area contributed by atoms with Gasteiger partial charge in [-0.25, -0.2) is 0 Å². The molecule has 92 valence electrons. The van der Waals surface area contributed by atoms with Crippen LogP contribution >= 0.6 is 0 Å². The molecule has 2 fully saturated rings. The number of morpholine rings is 1. The van der Waals surface area contributed by atoms with Crippen molar-refractivity contribution >= 4 is 5.91 Å². The SMILES string of the molecule is O=C(c1ccoc1)N1CCOC[C@@]12CCOC2. The Balaban J connectivity index is 1.86. The molecule has 0 bridgehead atoms. The number of furan rings is 1. The van der Waals surface area contributed by atoms with Gasteiger partial charge < -0.3 is 18.8 Å². The van der Waals surface area contributed by atoms with Crippen LogP contribution in [0.3, 0.4) is 0 Å². The van der Waals surface area contributed by atoms with Crippen molar-refractivity contribution in [2.45, 2.75) is 12.0 Å². The van der Waals surface area contributed by atoms with Gasteiger partial charge in [-0.2, -0.15) is 0 Å². The standard InChI is InChI=1S/C12H15NO4/c14-11(10-1-4-15-7-10)13-3-6-17-9-12(13)2-5-16-8-12/h1,4,7H,2-3,5-6,8-9H2/t12-/m0/s1. The second kappa shape index (κ2) is 4.16. The number of ether oxygens (including phenoxy) is 2. The van der Waals surface area contributed by atoms with Gasteiger partial charge in [-0.1, -0.05) is 0 Å². The smallest absolute Gasteiger partial charge is 0.257 e. The second-order valence-corrected chi connectivity index (χ2v) is 4.55. The summed E-state index contributed by atoms with van der Waals surface area (Å²) >= 11 is 0. The summed E-state index contributed by atoms with van der Waals surface area (Å²) < 4.78 is 15.9. The van der Waals surface area contributed by atoms with Crippen molar-refractivity contribution in [3.63, 3.8) is 0 Å². The van der Waals surface area contributed by atoms with E-state index in [2.05, 4.69) is 0 Å². The number of carbonyl (C=O) groups is 1. The van der Waals surface area contributed by atoms with E-state index in [4.69, 9.17) is 13.9 Å². The molecule has 2 aliphatic rings. The molecule has 1 spiro atoms. The van der Waals surface area contributed by atoms with Gasteiger partial charge in [-0.15, -0.1) is 0 Å². The van der Waals surface area contributed by atoms with Gasteiger partial charge in [0.1, 0.15) is 6.26 Å². The van der Waals surface area contributed by atoms with Gasteiger partial charge in [-0.05, 0) is 12.5 Å². The van der Waals surface area contributed by atoms with Gasteiger partial charge in [0, 0.05) is 13.2 Å². The molecule has 0 aliphatic carbocycles. The predicted molar refractivity (Wildman–Crippen MR) is 58.7 cm³/mol. The Kier molecular flexibility index (Phi) is 2.64. The summed E-state index contributed by atoms with van der Waals surface area (Å²) in [7, 11) is 0. The minimum atomic E-state index is -0.271. The number of amides is 1. The molecular formula is C12H15NO4. The summed E-state index contributed by atoms with van der Waals surface area (Å²) in [5, 5.41) is 0. The lowest BCUT2D eigenvalue weighted by molar-refractivity contribution is -0.0551. The van der Waals surface area contributed by atoms with Gasteiger partial charge in [0.05, 0.1) is 37.2 Å². The Morgan fingerprint density at radius 1 is 1.29 bits per heavy atom. The molecule has 0 unspecified atom stereocenters. The third-order valence-corrected chi connectivity index (χ3v) is 3.50. The molecule has 1 aromatic rings. The number of rotatable bonds is 1. The molecule has 2 saturated heterocycles. The lowest BCUT2D eigenvalue weighted by Gasteiger charge is -2.43. The second-order valence-electron chi connectivity index (χ2n) is 4.55. The Morgan fingerprint density at radius 2 is 2.12 bits per heavy atom. The molecule has 1 aromatic heterocycles. The van der Waals surface area contributed by atoms with Crippen molar-refractivity contribution in [2.75, 3.05) is 33.0 Å². The van der Waals surface area contributed by atoms with Crippen molar-refractivity contribution in [2.24, 2.45) is 0 Å². The van der Waals surface area contributed by atoms with Crippen molar-refractivity contribution < 1.29 is 18.7 Å². The average molecular weight is 237 g/mol. The van der Waals surface area contributed by atoms with Gasteiger partial charge in [0.25, 0.3) is 5.91 Å². The number of carbonyl (C=O) groups excluding carboxylic acids is 1. The van der Waals surface area contributed by atoms with Crippen molar-refractivity contribution in [3.05, 3.63) is 24.2 Å². The highest BCUT2D eigenvalue weighted by molar-refractivity contribution is 5.94. The molecule has 5 nitrogen and oxygen atoms in total. The summed E-state index contributed by atoms with van der Waals surface area (Å²) in [6, 6.07) is 1.70. The Morgan fingerprint density at radius 3 is 2.82 bits per heavy atom. The zero-order valence-corrected chi connectivity index (χ0v) is 9.55. The molecule has 0 N–H and O–H groups in total. The van der Waals surface area contributed by atoms with Crippen LogP contribution in [0.2, 0.25) is 0 Å². The van der Waals surface area contributed by atoms with Gasteiger partial charge in [0.2, 0.25) is 0 Å². The highest BCUT2D eigenvalue weighted by atomic mass is 16.5. The third-order valence-electron chi connectivity index (χ3n) is 3.50. The molecule has 0 radical (unpaired) electrons. The zero-order valence-electron chi connectivity index (χ0n) is 9.55. The first kappa shape index (κ1) is 10.8. The average Bonchev–Trinajstić information content (AvgIpc) is 3.00. The van der Waals surface area contributed by atoms with E-state index in [1.54, 1.807) is 6.07 Å². The quantitative estimate of drug-likeness (QED) is 0.728. The minimum absolute atomic E-state index is 0.00699. The largest absolute Gasteiger partial charge is 0.472 e. The van der Waals surface area contributed by atoms with Crippen LogP contribution < -0.4 is 0 Å². The van der Waals surface area contributed by atoms with E-state index in [1.165, 1.54) is 12.5 Å². The van der Waals surface area contributed by atoms with Crippen LogP contribution in [0, 0.1) is 0 Å². The first-order chi connectivity index (χ1) is 8.32. The van der Waals surface area contributed by atoms with E-state index in [1.807, 2.05) is 4.90 Å². The molecule has 3 heterocycles. The Labute approximate surface area is 99.3 Å². The number of hydrogen-bond acceptors (Lipinski definition) is 4. The van der Waals surface area contributed by atoms with Gasteiger partial charge in [0.15, 0.2) is 0 Å². The zero-order chi connectivity index (χ0) is 11.7. The van der Waals surface area contributed by atoms with Crippen molar-refractivity contribution in [1.82, 2.24) is 4.90 Å². The Bertz CT molecular complexity index is 395. The van der Waals surface area contributed by atoms with Crippen LogP contribution in [0.25, 0.3) is 0 Å². The summed E-state index contributed by atoms with van der Waals surface area (Å²) in [6.45, 7) is 3.03. The lowest BCUT2D eigenvalue weighted by atomic mass is 9.95. The molecule has 1 amide bonds. The van der Waals surface area contributed by atoms with Crippen LogP contribution in [0.1, 0.15) is 16.8 Å². The maximum atomic E-state index is 12.4. The summed E-state index contributed by atoms with van der Waals surface area (Å²) in [5.74, 6) is 0.00699. The number of nitrogens with zero attached hydrogens (tertiary/aromatic N) is 1. The molecule has 2 aliphatic heterocycles. The fraction of sp³-hybridized carbons (Fsp3) is 0.583. The van der Waals surface area contributed by atoms with Crippen molar-refractivity contribution in [1.29, 1.82) is 0 Å². The monoisotopic (exact) mass is 237 g/mol. The van der Waals surface area contributed by atoms with E-state index in [0.29, 0.717) is 38.5 Å².